The van der Waals surface area contributed by atoms with E-state index in [4.69, 9.17) is 14.2 Å². The molecule has 0 aromatic carbocycles. The number of unbranched alkanes of at least 4 members (excludes halogenated alkanes) is 2. The summed E-state index contributed by atoms with van der Waals surface area (Å²) >= 11 is 0. The summed E-state index contributed by atoms with van der Waals surface area (Å²) in [6.07, 6.45) is 5.59. The van der Waals surface area contributed by atoms with Gasteiger partial charge in [-0.25, -0.2) is 4.79 Å². The van der Waals surface area contributed by atoms with E-state index in [0.717, 1.165) is 0 Å². The minimum atomic E-state index is -0.917. The van der Waals surface area contributed by atoms with E-state index in [0.29, 0.717) is 32.2 Å². The van der Waals surface area contributed by atoms with Gasteiger partial charge >= 0.3 is 5.97 Å². The summed E-state index contributed by atoms with van der Waals surface area (Å²) in [4.78, 5) is 86.6. The molecule has 0 aromatic heterocycles. The molecule has 1 aliphatic heterocycles. The zero-order valence-corrected chi connectivity index (χ0v) is 30.4. The maximum absolute atomic E-state index is 12.7. The Labute approximate surface area is 290 Å². The Hall–Kier alpha value is -3.65. The van der Waals surface area contributed by atoms with Crippen molar-refractivity contribution in [2.45, 2.75) is 124 Å². The number of esters is 1. The number of hydrogen-bond donors (Lipinski definition) is 3. The molecule has 0 bridgehead atoms. The number of carbonyl (C=O) groups is 7. The minimum absolute atomic E-state index is 0.0851. The second-order valence-electron chi connectivity index (χ2n) is 14.2. The number of nitrogens with zero attached hydrogens (tertiary/aromatic N) is 1. The van der Waals surface area contributed by atoms with E-state index in [2.05, 4.69) is 16.0 Å². The molecule has 14 heteroatoms. The summed E-state index contributed by atoms with van der Waals surface area (Å²) in [5.74, 6) is -2.14. The summed E-state index contributed by atoms with van der Waals surface area (Å²) in [6.45, 7) is 14.3. The summed E-state index contributed by atoms with van der Waals surface area (Å²) in [5.41, 5.74) is -0.983. The Balaban J connectivity index is 2.19. The fourth-order valence-corrected chi connectivity index (χ4v) is 4.66. The third kappa shape index (κ3) is 20.5. The second-order valence-corrected chi connectivity index (χ2v) is 14.2. The van der Waals surface area contributed by atoms with E-state index in [1.54, 1.807) is 27.7 Å². The smallest absolute Gasteiger partial charge is 0.329 e. The average molecular weight is 695 g/mol. The zero-order chi connectivity index (χ0) is 37.0. The molecule has 0 spiro atoms. The number of hydrogen-bond acceptors (Lipinski definition) is 10. The predicted octanol–water partition coefficient (Wildman–Crippen LogP) is 2.52. The zero-order valence-electron chi connectivity index (χ0n) is 30.4. The van der Waals surface area contributed by atoms with Crippen LogP contribution in [-0.4, -0.2) is 103 Å². The molecule has 278 valence electrons. The lowest BCUT2D eigenvalue weighted by Crippen LogP contribution is -2.47. The molecule has 1 unspecified atom stereocenters. The monoisotopic (exact) mass is 694 g/mol. The first-order chi connectivity index (χ1) is 22.9. The van der Waals surface area contributed by atoms with Crippen molar-refractivity contribution in [1.29, 1.82) is 0 Å². The Morgan fingerprint density at radius 1 is 0.755 bits per heavy atom. The number of Topliss-reactive ketones (excluding diaryl/α,β-unsaturated/α-hetero) is 1. The third-order valence-corrected chi connectivity index (χ3v) is 7.12. The fraction of sp³-hybridized carbons (Fsp3) is 0.743. The molecular formula is C35H58N4O10. The standard InChI is InChI=1S/C35H58N4O10/c1-8-26(37-28(41)12-10-9-11-19-39-30(43)15-16-31(39)44)32(45)36-18-21-48-23-22-47-20-17-25(40)13-14-27(33(46)49-35(5,6)7)38-29(42)24-34(2,3)4/h15-16,26-27H,8-14,17-24H2,1-7H3,(H,36,45)(H,37,41)(H,38,42)/t26?,27-/m0/s1. The Bertz CT molecular complexity index is 1140. The van der Waals surface area contributed by atoms with Gasteiger partial charge < -0.3 is 30.2 Å². The third-order valence-electron chi connectivity index (χ3n) is 7.12. The number of ether oxygens (including phenoxy) is 3. The highest BCUT2D eigenvalue weighted by Crippen LogP contribution is 2.19. The number of rotatable bonds is 24. The van der Waals surface area contributed by atoms with Crippen LogP contribution in [0.15, 0.2) is 12.2 Å². The van der Waals surface area contributed by atoms with Gasteiger partial charge in [-0.1, -0.05) is 34.1 Å². The van der Waals surface area contributed by atoms with Crippen LogP contribution < -0.4 is 16.0 Å². The first-order valence-electron chi connectivity index (χ1n) is 17.2. The maximum atomic E-state index is 12.7. The van der Waals surface area contributed by atoms with Gasteiger partial charge in [0, 0.05) is 50.9 Å². The first kappa shape index (κ1) is 43.4. The van der Waals surface area contributed by atoms with E-state index in [1.807, 2.05) is 20.8 Å². The van der Waals surface area contributed by atoms with Crippen molar-refractivity contribution in [1.82, 2.24) is 20.9 Å². The normalized spacial score (nSPS) is 14.4. The van der Waals surface area contributed by atoms with E-state index >= 15 is 0 Å². The molecule has 0 radical (unpaired) electrons. The first-order valence-corrected chi connectivity index (χ1v) is 17.2. The summed E-state index contributed by atoms with van der Waals surface area (Å²) < 4.78 is 16.4. The summed E-state index contributed by atoms with van der Waals surface area (Å²) in [5, 5.41) is 8.19. The van der Waals surface area contributed by atoms with E-state index in [-0.39, 0.29) is 106 Å². The van der Waals surface area contributed by atoms with Crippen LogP contribution in [-0.2, 0) is 47.8 Å². The maximum Gasteiger partial charge on any atom is 0.329 e. The van der Waals surface area contributed by atoms with Crippen LogP contribution in [0.2, 0.25) is 0 Å². The van der Waals surface area contributed by atoms with Crippen molar-refractivity contribution >= 4 is 41.3 Å². The van der Waals surface area contributed by atoms with Crippen molar-refractivity contribution < 1.29 is 47.8 Å². The second kappa shape index (κ2) is 22.1. The number of nitrogens with one attached hydrogen (secondary N) is 3. The quantitative estimate of drug-likeness (QED) is 0.0770. The van der Waals surface area contributed by atoms with Gasteiger partial charge in [0.25, 0.3) is 11.8 Å². The van der Waals surface area contributed by atoms with Crippen LogP contribution in [0.1, 0.15) is 106 Å². The van der Waals surface area contributed by atoms with E-state index in [9.17, 15) is 33.6 Å². The molecule has 1 aliphatic rings. The molecule has 0 saturated carbocycles. The predicted molar refractivity (Wildman–Crippen MR) is 182 cm³/mol. The summed E-state index contributed by atoms with van der Waals surface area (Å²) in [7, 11) is 0. The molecule has 2 atom stereocenters. The number of ketones is 1. The molecule has 49 heavy (non-hydrogen) atoms. The molecule has 0 aromatic rings. The van der Waals surface area contributed by atoms with Crippen molar-refractivity contribution in [3.63, 3.8) is 0 Å². The fourth-order valence-electron chi connectivity index (χ4n) is 4.66. The van der Waals surface area contributed by atoms with E-state index in [1.165, 1.54) is 17.1 Å². The van der Waals surface area contributed by atoms with Crippen LogP contribution in [0.4, 0.5) is 0 Å². The number of carbonyl (C=O) groups excluding carboxylic acids is 7. The van der Waals surface area contributed by atoms with Gasteiger partial charge in [-0.3, -0.25) is 33.7 Å². The van der Waals surface area contributed by atoms with Crippen LogP contribution in [0, 0.1) is 5.41 Å². The van der Waals surface area contributed by atoms with Gasteiger partial charge in [0.2, 0.25) is 17.7 Å². The molecule has 1 rings (SSSR count). The number of amides is 5. The highest BCUT2D eigenvalue weighted by Gasteiger charge is 2.28. The minimum Gasteiger partial charge on any atom is -0.458 e. The van der Waals surface area contributed by atoms with Crippen LogP contribution >= 0.6 is 0 Å². The van der Waals surface area contributed by atoms with Gasteiger partial charge in [-0.05, 0) is 51.9 Å². The molecule has 0 aliphatic carbocycles. The van der Waals surface area contributed by atoms with Crippen LogP contribution in [0.5, 0.6) is 0 Å². The Kier molecular flexibility index (Phi) is 19.6. The molecule has 3 N–H and O–H groups in total. The highest BCUT2D eigenvalue weighted by molar-refractivity contribution is 6.12. The van der Waals surface area contributed by atoms with Gasteiger partial charge in [-0.2, -0.15) is 0 Å². The number of imide groups is 1. The molecule has 14 nitrogen and oxygen atoms in total. The van der Waals surface area contributed by atoms with Crippen molar-refractivity contribution in [3.8, 4) is 0 Å². The van der Waals surface area contributed by atoms with Gasteiger partial charge in [-0.15, -0.1) is 0 Å². The Morgan fingerprint density at radius 3 is 1.96 bits per heavy atom. The average Bonchev–Trinajstić information content (AvgIpc) is 3.31. The Morgan fingerprint density at radius 2 is 1.37 bits per heavy atom. The largest absolute Gasteiger partial charge is 0.458 e. The summed E-state index contributed by atoms with van der Waals surface area (Å²) in [6, 6.07) is -1.59. The van der Waals surface area contributed by atoms with Crippen molar-refractivity contribution in [3.05, 3.63) is 12.2 Å². The SMILES string of the molecule is CCC(NC(=O)CCCCCN1C(=O)C=CC1=O)C(=O)NCCOCCOCCC(=O)CC[C@H](NC(=O)CC(C)(C)C)C(=O)OC(C)(C)C. The van der Waals surface area contributed by atoms with E-state index < -0.39 is 23.7 Å². The molecule has 0 fully saturated rings. The van der Waals surface area contributed by atoms with Gasteiger partial charge in [0.15, 0.2) is 0 Å². The van der Waals surface area contributed by atoms with Crippen molar-refractivity contribution in [2.75, 3.05) is 39.5 Å². The molecular weight excluding hydrogens is 636 g/mol. The molecule has 0 saturated heterocycles. The van der Waals surface area contributed by atoms with Crippen molar-refractivity contribution in [2.24, 2.45) is 5.41 Å². The molecule has 1 heterocycles. The van der Waals surface area contributed by atoms with Crippen LogP contribution in [0.3, 0.4) is 0 Å². The lowest BCUT2D eigenvalue weighted by molar-refractivity contribution is -0.159. The highest BCUT2D eigenvalue weighted by atomic mass is 16.6. The lowest BCUT2D eigenvalue weighted by atomic mass is 9.91. The molecule has 5 amide bonds. The topological polar surface area (TPSA) is 187 Å². The van der Waals surface area contributed by atoms with Crippen LogP contribution in [0.25, 0.3) is 0 Å². The van der Waals surface area contributed by atoms with Gasteiger partial charge in [0.05, 0.1) is 26.4 Å². The lowest BCUT2D eigenvalue weighted by Gasteiger charge is -2.25. The van der Waals surface area contributed by atoms with Gasteiger partial charge in [0.1, 0.15) is 23.5 Å².